The van der Waals surface area contributed by atoms with E-state index in [9.17, 15) is 4.79 Å². The smallest absolute Gasteiger partial charge is 0.462 e. The lowest BCUT2D eigenvalue weighted by Gasteiger charge is -2.32. The van der Waals surface area contributed by atoms with E-state index in [4.69, 9.17) is 19.3 Å². The molecule has 5 nitrogen and oxygen atoms in total. The quantitative estimate of drug-likeness (QED) is 0.368. The van der Waals surface area contributed by atoms with Crippen LogP contribution in [0.1, 0.15) is 40.2 Å². The van der Waals surface area contributed by atoms with Crippen LogP contribution in [0, 0.1) is 11.3 Å². The number of hydrogen-bond acceptors (Lipinski definition) is 5. The third kappa shape index (κ3) is 3.69. The van der Waals surface area contributed by atoms with Crippen molar-refractivity contribution in [3.63, 3.8) is 0 Å². The number of esters is 1. The van der Waals surface area contributed by atoms with E-state index in [0.29, 0.717) is 0 Å². The zero-order chi connectivity index (χ0) is 18.0. The summed E-state index contributed by atoms with van der Waals surface area (Å²) in [7, 11) is -0.437. The molecule has 126 valence electrons. The summed E-state index contributed by atoms with van der Waals surface area (Å²) in [6, 6.07) is 9.23. The van der Waals surface area contributed by atoms with E-state index in [0.717, 1.165) is 11.0 Å². The maximum atomic E-state index is 11.6. The Balaban J connectivity index is 2.17. The molecule has 0 amide bonds. The Morgan fingerprint density at radius 1 is 1.21 bits per heavy atom. The molecule has 0 radical (unpaired) electrons. The molecule has 1 saturated heterocycles. The monoisotopic (exact) mass is 327 g/mol. The van der Waals surface area contributed by atoms with Crippen molar-refractivity contribution in [3.05, 3.63) is 35.4 Å². The summed E-state index contributed by atoms with van der Waals surface area (Å²) in [6.45, 7) is 9.95. The summed E-state index contributed by atoms with van der Waals surface area (Å²) >= 11 is 0. The lowest BCUT2D eigenvalue weighted by Crippen LogP contribution is -2.41. The molecule has 0 aliphatic carbocycles. The van der Waals surface area contributed by atoms with E-state index >= 15 is 0 Å². The van der Waals surface area contributed by atoms with Crippen LogP contribution in [-0.2, 0) is 18.8 Å². The highest BCUT2D eigenvalue weighted by Crippen LogP contribution is 2.36. The Hall–Kier alpha value is -2.10. The van der Waals surface area contributed by atoms with E-state index in [1.165, 1.54) is 6.08 Å². The molecule has 1 aliphatic rings. The molecule has 0 aromatic heterocycles. The van der Waals surface area contributed by atoms with Gasteiger partial charge in [0.05, 0.1) is 17.8 Å². The fourth-order valence-corrected chi connectivity index (χ4v) is 2.24. The second-order valence-corrected chi connectivity index (χ2v) is 6.65. The van der Waals surface area contributed by atoms with E-state index in [1.54, 1.807) is 6.92 Å². The number of hydrogen-bond donors (Lipinski definition) is 0. The summed E-state index contributed by atoms with van der Waals surface area (Å²) < 4.78 is 16.8. The first-order valence-corrected chi connectivity index (χ1v) is 7.94. The largest absolute Gasteiger partial charge is 0.494 e. The number of benzene rings is 1. The average molecular weight is 327 g/mol. The van der Waals surface area contributed by atoms with Crippen molar-refractivity contribution < 1.29 is 18.8 Å². The second-order valence-electron chi connectivity index (χ2n) is 6.65. The Kier molecular flexibility index (Phi) is 5.17. The number of carbonyl (C=O) groups is 1. The third-order valence-electron chi connectivity index (χ3n) is 4.39. The van der Waals surface area contributed by atoms with Gasteiger partial charge in [-0.05, 0) is 51.7 Å². The van der Waals surface area contributed by atoms with Crippen LogP contribution in [0.25, 0.3) is 6.08 Å². The highest BCUT2D eigenvalue weighted by atomic mass is 16.7. The summed E-state index contributed by atoms with van der Waals surface area (Å²) in [6.07, 6.45) is 1.51. The van der Waals surface area contributed by atoms with Crippen LogP contribution in [0.15, 0.2) is 29.8 Å². The van der Waals surface area contributed by atoms with Gasteiger partial charge >= 0.3 is 13.1 Å². The third-order valence-corrected chi connectivity index (χ3v) is 4.39. The number of ether oxygens (including phenoxy) is 1. The van der Waals surface area contributed by atoms with Crippen molar-refractivity contribution in [3.8, 4) is 6.07 Å². The fraction of sp³-hybridized carbons (Fsp3) is 0.444. The van der Waals surface area contributed by atoms with Crippen LogP contribution >= 0.6 is 0 Å². The van der Waals surface area contributed by atoms with Crippen molar-refractivity contribution in [2.45, 2.75) is 45.8 Å². The highest BCUT2D eigenvalue weighted by Gasteiger charge is 2.51. The fourth-order valence-electron chi connectivity index (χ4n) is 2.24. The summed E-state index contributed by atoms with van der Waals surface area (Å²) in [5.74, 6) is -0.616. The predicted molar refractivity (Wildman–Crippen MR) is 92.4 cm³/mol. The van der Waals surface area contributed by atoms with Crippen LogP contribution in [0.2, 0.25) is 0 Å². The number of nitrogens with zero attached hydrogens (tertiary/aromatic N) is 1. The zero-order valence-electron chi connectivity index (χ0n) is 14.8. The lowest BCUT2D eigenvalue weighted by atomic mass is 9.79. The molecule has 1 aromatic carbocycles. The van der Waals surface area contributed by atoms with Gasteiger partial charge in [0.15, 0.2) is 0 Å². The van der Waals surface area contributed by atoms with E-state index in [2.05, 4.69) is 0 Å². The molecule has 1 aromatic rings. The number of carbonyl (C=O) groups excluding carboxylic acids is 1. The molecule has 24 heavy (non-hydrogen) atoms. The minimum absolute atomic E-state index is 0.0276. The molecule has 6 heteroatoms. The van der Waals surface area contributed by atoms with Gasteiger partial charge in [0.25, 0.3) is 0 Å². The van der Waals surface area contributed by atoms with Crippen LogP contribution in [0.3, 0.4) is 0 Å². The van der Waals surface area contributed by atoms with Crippen LogP contribution < -0.4 is 5.46 Å². The van der Waals surface area contributed by atoms with Crippen LogP contribution in [-0.4, -0.2) is 30.9 Å². The van der Waals surface area contributed by atoms with Crippen LogP contribution in [0.4, 0.5) is 0 Å². The zero-order valence-corrected chi connectivity index (χ0v) is 14.8. The first kappa shape index (κ1) is 18.2. The molecule has 1 heterocycles. The molecule has 1 fully saturated rings. The SMILES string of the molecule is CCOC(=O)C(C#N)=Cc1ccc(B2OC(C)(C)C(C)(C)O2)cc1. The average Bonchev–Trinajstić information content (AvgIpc) is 2.74. The van der Waals surface area contributed by atoms with Crippen LogP contribution in [0.5, 0.6) is 0 Å². The van der Waals surface area contributed by atoms with Gasteiger partial charge in [0.1, 0.15) is 11.6 Å². The molecule has 2 rings (SSSR count). The highest BCUT2D eigenvalue weighted by molar-refractivity contribution is 6.62. The first-order chi connectivity index (χ1) is 11.2. The molecule has 1 aliphatic heterocycles. The number of nitriles is 1. The van der Waals surface area contributed by atoms with Crippen molar-refractivity contribution in [1.82, 2.24) is 0 Å². The molecular weight excluding hydrogens is 305 g/mol. The lowest BCUT2D eigenvalue weighted by molar-refractivity contribution is -0.137. The normalized spacial score (nSPS) is 19.0. The summed E-state index contributed by atoms with van der Waals surface area (Å²) in [5, 5.41) is 9.07. The van der Waals surface area contributed by atoms with Gasteiger partial charge < -0.3 is 14.0 Å². The molecule has 0 bridgehead atoms. The molecule has 0 unspecified atom stereocenters. The van der Waals surface area contributed by atoms with Crippen molar-refractivity contribution in [2.75, 3.05) is 6.61 Å². The molecule has 0 saturated carbocycles. The molecule has 0 spiro atoms. The topological polar surface area (TPSA) is 68.6 Å². The van der Waals surface area contributed by atoms with Gasteiger partial charge in [-0.3, -0.25) is 0 Å². The number of rotatable bonds is 4. The Morgan fingerprint density at radius 3 is 2.21 bits per heavy atom. The molecule has 0 atom stereocenters. The Bertz CT molecular complexity index is 670. The van der Waals surface area contributed by atoms with Gasteiger partial charge in [-0.1, -0.05) is 24.3 Å². The van der Waals surface area contributed by atoms with Gasteiger partial charge in [-0.15, -0.1) is 0 Å². The maximum absolute atomic E-state index is 11.6. The standard InChI is InChI=1S/C18H22BNO4/c1-6-22-16(21)14(12-20)11-13-7-9-15(10-8-13)19-23-17(2,3)18(4,5)24-19/h7-11H,6H2,1-5H3. The first-order valence-electron chi connectivity index (χ1n) is 7.94. The maximum Gasteiger partial charge on any atom is 0.494 e. The molecule has 0 N–H and O–H groups in total. The van der Waals surface area contributed by atoms with Crippen molar-refractivity contribution in [1.29, 1.82) is 5.26 Å². The minimum atomic E-state index is -0.616. The summed E-state index contributed by atoms with van der Waals surface area (Å²) in [5.41, 5.74) is 0.808. The van der Waals surface area contributed by atoms with Gasteiger partial charge in [0, 0.05) is 0 Å². The Labute approximate surface area is 143 Å². The summed E-state index contributed by atoms with van der Waals surface area (Å²) in [4.78, 5) is 11.6. The second kappa shape index (κ2) is 6.80. The van der Waals surface area contributed by atoms with E-state index in [1.807, 2.05) is 58.0 Å². The van der Waals surface area contributed by atoms with Gasteiger partial charge in [-0.2, -0.15) is 5.26 Å². The van der Waals surface area contributed by atoms with Crippen molar-refractivity contribution in [2.24, 2.45) is 0 Å². The van der Waals surface area contributed by atoms with E-state index in [-0.39, 0.29) is 12.2 Å². The molecular formula is C18H22BNO4. The van der Waals surface area contributed by atoms with Gasteiger partial charge in [-0.25, -0.2) is 4.79 Å². The van der Waals surface area contributed by atoms with E-state index < -0.39 is 24.3 Å². The predicted octanol–water partition coefficient (Wildman–Crippen LogP) is 2.46. The Morgan fingerprint density at radius 2 is 1.75 bits per heavy atom. The van der Waals surface area contributed by atoms with Crippen molar-refractivity contribution >= 4 is 24.6 Å². The minimum Gasteiger partial charge on any atom is -0.462 e. The van der Waals surface area contributed by atoms with Gasteiger partial charge in [0.2, 0.25) is 0 Å².